The molecule has 0 spiro atoms. The van der Waals surface area contributed by atoms with Gasteiger partial charge in [0.25, 0.3) is 5.69 Å². The second kappa shape index (κ2) is 10.2. The van der Waals surface area contributed by atoms with Gasteiger partial charge in [-0.05, 0) is 48.5 Å². The zero-order valence-corrected chi connectivity index (χ0v) is 19.8. The van der Waals surface area contributed by atoms with Crippen LogP contribution in [0.4, 0.5) is 22.7 Å². The fourth-order valence-corrected chi connectivity index (χ4v) is 5.29. The van der Waals surface area contributed by atoms with Gasteiger partial charge in [-0.15, -0.1) is 0 Å². The maximum atomic E-state index is 13.1. The number of hydrogen-bond acceptors (Lipinski definition) is 8. The Hall–Kier alpha value is -3.90. The predicted octanol–water partition coefficient (Wildman–Crippen LogP) is 3.27. The van der Waals surface area contributed by atoms with Crippen LogP contribution >= 0.6 is 0 Å². The van der Waals surface area contributed by atoms with E-state index in [2.05, 4.69) is 10.6 Å². The number of sulfonamides is 1. The van der Waals surface area contributed by atoms with Crippen LogP contribution in [0.25, 0.3) is 0 Å². The van der Waals surface area contributed by atoms with E-state index in [-0.39, 0.29) is 29.6 Å². The number of anilines is 3. The molecule has 0 aliphatic carbocycles. The smallest absolute Gasteiger partial charge is 0.292 e. The number of hydrogen-bond donors (Lipinski definition) is 2. The summed E-state index contributed by atoms with van der Waals surface area (Å²) in [4.78, 5) is 24.3. The molecule has 1 aromatic heterocycles. The van der Waals surface area contributed by atoms with Gasteiger partial charge in [-0.25, -0.2) is 8.42 Å². The van der Waals surface area contributed by atoms with Crippen molar-refractivity contribution in [1.29, 1.82) is 0 Å². The number of furan rings is 1. The molecule has 12 heteroatoms. The first-order valence-corrected chi connectivity index (χ1v) is 12.4. The largest absolute Gasteiger partial charge is 0.467 e. The molecule has 3 aromatic rings. The van der Waals surface area contributed by atoms with Crippen LogP contribution in [-0.2, 0) is 21.4 Å². The van der Waals surface area contributed by atoms with Gasteiger partial charge >= 0.3 is 0 Å². The number of nitro groups is 1. The van der Waals surface area contributed by atoms with Gasteiger partial charge < -0.3 is 20.0 Å². The summed E-state index contributed by atoms with van der Waals surface area (Å²) in [7, 11) is -3.69. The molecule has 184 valence electrons. The van der Waals surface area contributed by atoms with Crippen LogP contribution in [0.3, 0.4) is 0 Å². The van der Waals surface area contributed by atoms with E-state index in [1.165, 1.54) is 35.7 Å². The molecule has 2 heterocycles. The number of carbonyl (C=O) groups excluding carboxylic acids is 1. The van der Waals surface area contributed by atoms with Gasteiger partial charge in [-0.3, -0.25) is 14.9 Å². The Kier molecular flexibility index (Phi) is 7.03. The lowest BCUT2D eigenvalue weighted by Gasteiger charge is -2.35. The molecular formula is C23H25N5O6S. The fourth-order valence-electron chi connectivity index (χ4n) is 3.87. The first-order valence-electron chi connectivity index (χ1n) is 10.9. The lowest BCUT2D eigenvalue weighted by molar-refractivity contribution is -0.384. The third-order valence-corrected chi connectivity index (χ3v) is 7.54. The molecule has 4 rings (SSSR count). The van der Waals surface area contributed by atoms with Crippen LogP contribution in [-0.4, -0.2) is 49.7 Å². The van der Waals surface area contributed by atoms with Crippen molar-refractivity contribution in [2.24, 2.45) is 0 Å². The van der Waals surface area contributed by atoms with Crippen molar-refractivity contribution >= 4 is 38.7 Å². The highest BCUT2D eigenvalue weighted by molar-refractivity contribution is 7.89. The lowest BCUT2D eigenvalue weighted by atomic mass is 10.2. The molecule has 1 saturated heterocycles. The minimum atomic E-state index is -3.69. The van der Waals surface area contributed by atoms with Crippen LogP contribution in [0.5, 0.6) is 0 Å². The minimum absolute atomic E-state index is 0.0516. The molecule has 1 aliphatic heterocycles. The quantitative estimate of drug-likeness (QED) is 0.356. The second-order valence-electron chi connectivity index (χ2n) is 7.99. The maximum Gasteiger partial charge on any atom is 0.292 e. The third kappa shape index (κ3) is 5.61. The Morgan fingerprint density at radius 1 is 1.09 bits per heavy atom. The van der Waals surface area contributed by atoms with Crippen LogP contribution in [0.15, 0.2) is 70.2 Å². The molecule has 1 aliphatic rings. The van der Waals surface area contributed by atoms with Gasteiger partial charge in [0, 0.05) is 50.5 Å². The van der Waals surface area contributed by atoms with Gasteiger partial charge in [0.2, 0.25) is 15.9 Å². The molecule has 11 nitrogen and oxygen atoms in total. The normalized spacial score (nSPS) is 14.5. The van der Waals surface area contributed by atoms with E-state index in [9.17, 15) is 23.3 Å². The van der Waals surface area contributed by atoms with E-state index in [1.807, 2.05) is 4.90 Å². The Bertz CT molecular complexity index is 1300. The van der Waals surface area contributed by atoms with Gasteiger partial charge in [0.05, 0.1) is 22.6 Å². The van der Waals surface area contributed by atoms with Crippen molar-refractivity contribution in [2.45, 2.75) is 18.4 Å². The molecule has 0 unspecified atom stereocenters. The molecule has 35 heavy (non-hydrogen) atoms. The number of rotatable bonds is 8. The summed E-state index contributed by atoms with van der Waals surface area (Å²) in [5.74, 6) is 0.413. The van der Waals surface area contributed by atoms with Gasteiger partial charge in [0.1, 0.15) is 11.4 Å². The Morgan fingerprint density at radius 3 is 2.40 bits per heavy atom. The van der Waals surface area contributed by atoms with Gasteiger partial charge in [-0.1, -0.05) is 0 Å². The summed E-state index contributed by atoms with van der Waals surface area (Å²) < 4.78 is 32.8. The average Bonchev–Trinajstić information content (AvgIpc) is 3.36. The van der Waals surface area contributed by atoms with E-state index in [4.69, 9.17) is 4.42 Å². The topological polar surface area (TPSA) is 138 Å². The lowest BCUT2D eigenvalue weighted by Crippen LogP contribution is -2.48. The molecule has 1 fully saturated rings. The van der Waals surface area contributed by atoms with E-state index in [1.54, 1.807) is 36.4 Å². The van der Waals surface area contributed by atoms with Gasteiger partial charge in [-0.2, -0.15) is 4.31 Å². The standard InChI is InChI=1S/C23H25N5O6S/c1-17(29)25-18-4-7-21(8-5-18)35(32,33)27-12-10-26(11-13-27)19-6-9-23(28(30)31)22(15-19)24-16-20-3-2-14-34-20/h2-9,14-15,24H,10-13,16H2,1H3,(H,25,29). The van der Waals surface area contributed by atoms with Crippen LogP contribution in [0.2, 0.25) is 0 Å². The van der Waals surface area contributed by atoms with E-state index < -0.39 is 14.9 Å². The zero-order chi connectivity index (χ0) is 25.0. The number of nitrogens with one attached hydrogen (secondary N) is 2. The Balaban J connectivity index is 1.44. The van der Waals surface area contributed by atoms with Crippen molar-refractivity contribution < 1.29 is 22.6 Å². The van der Waals surface area contributed by atoms with Crippen molar-refractivity contribution in [3.63, 3.8) is 0 Å². The summed E-state index contributed by atoms with van der Waals surface area (Å²) in [6.07, 6.45) is 1.53. The van der Waals surface area contributed by atoms with Crippen molar-refractivity contribution in [3.05, 3.63) is 76.7 Å². The highest BCUT2D eigenvalue weighted by atomic mass is 32.2. The third-order valence-electron chi connectivity index (χ3n) is 5.63. The summed E-state index contributed by atoms with van der Waals surface area (Å²) in [5, 5.41) is 17.1. The molecule has 0 saturated carbocycles. The summed E-state index contributed by atoms with van der Waals surface area (Å²) in [6, 6.07) is 14.4. The number of benzene rings is 2. The van der Waals surface area contributed by atoms with Crippen molar-refractivity contribution in [1.82, 2.24) is 4.31 Å². The van der Waals surface area contributed by atoms with Crippen molar-refractivity contribution in [2.75, 3.05) is 41.7 Å². The number of piperazine rings is 1. The first-order chi connectivity index (χ1) is 16.7. The van der Waals surface area contributed by atoms with Crippen molar-refractivity contribution in [3.8, 4) is 0 Å². The van der Waals surface area contributed by atoms with E-state index in [0.29, 0.717) is 36.8 Å². The second-order valence-corrected chi connectivity index (χ2v) is 9.93. The number of nitrogens with zero attached hydrogens (tertiary/aromatic N) is 3. The van der Waals surface area contributed by atoms with Crippen LogP contribution in [0.1, 0.15) is 12.7 Å². The minimum Gasteiger partial charge on any atom is -0.467 e. The van der Waals surface area contributed by atoms with Gasteiger partial charge in [0.15, 0.2) is 0 Å². The molecule has 2 N–H and O–H groups in total. The zero-order valence-electron chi connectivity index (χ0n) is 19.0. The monoisotopic (exact) mass is 499 g/mol. The maximum absolute atomic E-state index is 13.1. The summed E-state index contributed by atoms with van der Waals surface area (Å²) in [5.41, 5.74) is 1.59. The molecule has 1 amide bonds. The Labute approximate surface area is 202 Å². The molecule has 0 radical (unpaired) electrons. The summed E-state index contributed by atoms with van der Waals surface area (Å²) in [6.45, 7) is 3.07. The highest BCUT2D eigenvalue weighted by Gasteiger charge is 2.29. The van der Waals surface area contributed by atoms with E-state index in [0.717, 1.165) is 5.69 Å². The number of carbonyl (C=O) groups is 1. The molecule has 0 atom stereocenters. The number of nitro benzene ring substituents is 1. The van der Waals surface area contributed by atoms with Crippen LogP contribution in [0, 0.1) is 10.1 Å². The first kappa shape index (κ1) is 24.2. The Morgan fingerprint density at radius 2 is 1.80 bits per heavy atom. The molecular weight excluding hydrogens is 474 g/mol. The highest BCUT2D eigenvalue weighted by Crippen LogP contribution is 2.31. The average molecular weight is 500 g/mol. The van der Waals surface area contributed by atoms with E-state index >= 15 is 0 Å². The molecule has 2 aromatic carbocycles. The molecule has 0 bridgehead atoms. The predicted molar refractivity (Wildman–Crippen MR) is 131 cm³/mol. The van der Waals surface area contributed by atoms with Crippen LogP contribution < -0.4 is 15.5 Å². The fraction of sp³-hybridized carbons (Fsp3) is 0.261. The summed E-state index contributed by atoms with van der Waals surface area (Å²) >= 11 is 0. The SMILES string of the molecule is CC(=O)Nc1ccc(S(=O)(=O)N2CCN(c3ccc([N+](=O)[O-])c(NCc4ccco4)c3)CC2)cc1. The number of amides is 1.